The van der Waals surface area contributed by atoms with E-state index in [1.807, 2.05) is 0 Å². The summed E-state index contributed by atoms with van der Waals surface area (Å²) in [4.78, 5) is 10.9. The van der Waals surface area contributed by atoms with Crippen LogP contribution in [0.1, 0.15) is 6.92 Å². The summed E-state index contributed by atoms with van der Waals surface area (Å²) in [5.74, 6) is 0. The van der Waals surface area contributed by atoms with Crippen molar-refractivity contribution in [3.8, 4) is 0 Å². The fraction of sp³-hybridized carbons (Fsp3) is 0.857. The Hall–Kier alpha value is -0.633. The second-order valence-electron chi connectivity index (χ2n) is 2.57. The van der Waals surface area contributed by atoms with Crippen molar-refractivity contribution in [2.24, 2.45) is 0 Å². The zero-order chi connectivity index (χ0) is 11.2. The van der Waals surface area contributed by atoms with Crippen molar-refractivity contribution >= 4 is 14.9 Å². The van der Waals surface area contributed by atoms with E-state index in [4.69, 9.17) is 13.3 Å². The lowest BCUT2D eigenvalue weighted by molar-refractivity contribution is 0.106. The fourth-order valence-corrected chi connectivity index (χ4v) is 2.96. The van der Waals surface area contributed by atoms with Crippen LogP contribution in [0, 0.1) is 0 Å². The lowest BCUT2D eigenvalue weighted by atomic mass is 10.7. The quantitative estimate of drug-likeness (QED) is 0.672. The van der Waals surface area contributed by atoms with Gasteiger partial charge < -0.3 is 23.3 Å². The van der Waals surface area contributed by atoms with E-state index >= 15 is 0 Å². The minimum atomic E-state index is -2.81. The fourth-order valence-electron chi connectivity index (χ4n) is 1.10. The highest BCUT2D eigenvalue weighted by atomic mass is 28.4. The Balaban J connectivity index is 4.43. The molecule has 0 aliphatic heterocycles. The summed E-state index contributed by atoms with van der Waals surface area (Å²) in [7, 11) is 2.92. The third kappa shape index (κ3) is 2.95. The molecule has 0 rings (SSSR count). The summed E-state index contributed by atoms with van der Waals surface area (Å²) in [5.41, 5.74) is -0.366. The van der Waals surface area contributed by atoms with E-state index in [0.717, 1.165) is 0 Å². The van der Waals surface area contributed by atoms with E-state index in [1.54, 1.807) is 6.92 Å². The van der Waals surface area contributed by atoms with E-state index in [-0.39, 0.29) is 5.67 Å². The molecule has 7 heteroatoms. The second-order valence-corrected chi connectivity index (χ2v) is 5.87. The minimum absolute atomic E-state index is 0.366. The third-order valence-electron chi connectivity index (χ3n) is 1.90. The highest BCUT2D eigenvalue weighted by molar-refractivity contribution is 6.62. The average Bonchev–Trinajstić information content (AvgIpc) is 2.21. The Bertz CT molecular complexity index is 177. The Labute approximate surface area is 84.8 Å². The van der Waals surface area contributed by atoms with Crippen molar-refractivity contribution in [1.29, 1.82) is 0 Å². The average molecular weight is 223 g/mol. The predicted octanol–water partition coefficient (Wildman–Crippen LogP) is 0.148. The monoisotopic (exact) mass is 223 g/mol. The highest BCUT2D eigenvalue weighted by Crippen LogP contribution is 2.11. The van der Waals surface area contributed by atoms with Crippen molar-refractivity contribution in [2.45, 2.75) is 12.6 Å². The van der Waals surface area contributed by atoms with Crippen LogP contribution in [0.15, 0.2) is 0 Å². The molecule has 6 nitrogen and oxygen atoms in total. The lowest BCUT2D eigenvalue weighted by Gasteiger charge is -2.29. The number of rotatable bonds is 5. The molecule has 0 heterocycles. The van der Waals surface area contributed by atoms with Crippen LogP contribution in [-0.4, -0.2) is 49.0 Å². The summed E-state index contributed by atoms with van der Waals surface area (Å²) < 4.78 is 20.0. The van der Waals surface area contributed by atoms with Gasteiger partial charge in [0.15, 0.2) is 0 Å². The van der Waals surface area contributed by atoms with Gasteiger partial charge in [0.05, 0.1) is 12.8 Å². The number of amides is 1. The van der Waals surface area contributed by atoms with Crippen molar-refractivity contribution < 1.29 is 22.8 Å². The second kappa shape index (κ2) is 5.97. The van der Waals surface area contributed by atoms with Crippen molar-refractivity contribution in [1.82, 2.24) is 5.32 Å². The van der Waals surface area contributed by atoms with Crippen molar-refractivity contribution in [3.05, 3.63) is 0 Å². The van der Waals surface area contributed by atoms with Crippen LogP contribution in [0.3, 0.4) is 0 Å². The minimum Gasteiger partial charge on any atom is -0.453 e. The van der Waals surface area contributed by atoms with Gasteiger partial charge in [-0.05, 0) is 6.92 Å². The van der Waals surface area contributed by atoms with Crippen molar-refractivity contribution in [2.75, 3.05) is 28.4 Å². The predicted molar refractivity (Wildman–Crippen MR) is 51.8 cm³/mol. The number of ether oxygens (including phenoxy) is 1. The number of carbonyl (C=O) groups excluding carboxylic acids is 1. The maximum atomic E-state index is 10.9. The van der Waals surface area contributed by atoms with E-state index in [2.05, 4.69) is 10.1 Å². The van der Waals surface area contributed by atoms with Crippen LogP contribution in [0.2, 0.25) is 0 Å². The maximum Gasteiger partial charge on any atom is 0.523 e. The number of methoxy groups -OCH3 is 1. The molecule has 0 aromatic rings. The first kappa shape index (κ1) is 13.4. The summed E-state index contributed by atoms with van der Waals surface area (Å²) in [6, 6.07) is 0. The molecule has 1 unspecified atom stereocenters. The molecule has 14 heavy (non-hydrogen) atoms. The SMILES string of the molecule is COC(=O)NC(C)[Si](OC)(OC)OC. The molecule has 0 aromatic heterocycles. The first-order valence-electron chi connectivity index (χ1n) is 4.06. The zero-order valence-electron chi connectivity index (χ0n) is 9.12. The van der Waals surface area contributed by atoms with Crippen LogP contribution < -0.4 is 5.32 Å². The third-order valence-corrected chi connectivity index (χ3v) is 4.82. The Morgan fingerprint density at radius 1 is 1.14 bits per heavy atom. The normalized spacial score (nSPS) is 13.5. The molecule has 0 radical (unpaired) electrons. The molecule has 0 aromatic carbocycles. The van der Waals surface area contributed by atoms with Crippen LogP contribution in [-0.2, 0) is 18.0 Å². The van der Waals surface area contributed by atoms with Gasteiger partial charge in [0.2, 0.25) is 0 Å². The van der Waals surface area contributed by atoms with Gasteiger partial charge in [-0.25, -0.2) is 4.79 Å². The van der Waals surface area contributed by atoms with Gasteiger partial charge in [-0.15, -0.1) is 0 Å². The van der Waals surface area contributed by atoms with Crippen LogP contribution in [0.5, 0.6) is 0 Å². The van der Waals surface area contributed by atoms with E-state index in [9.17, 15) is 4.79 Å². The molecular weight excluding hydrogens is 206 g/mol. The molecule has 0 spiro atoms. The zero-order valence-corrected chi connectivity index (χ0v) is 10.1. The largest absolute Gasteiger partial charge is 0.523 e. The molecule has 0 saturated heterocycles. The van der Waals surface area contributed by atoms with Gasteiger partial charge in [-0.1, -0.05) is 0 Å². The van der Waals surface area contributed by atoms with Gasteiger partial charge in [-0.2, -0.15) is 0 Å². The smallest absolute Gasteiger partial charge is 0.453 e. The van der Waals surface area contributed by atoms with Gasteiger partial charge in [0, 0.05) is 21.3 Å². The van der Waals surface area contributed by atoms with E-state index < -0.39 is 14.9 Å². The molecule has 1 N–H and O–H groups in total. The van der Waals surface area contributed by atoms with E-state index in [0.29, 0.717) is 0 Å². The Morgan fingerprint density at radius 2 is 1.57 bits per heavy atom. The molecule has 0 saturated carbocycles. The lowest BCUT2D eigenvalue weighted by Crippen LogP contribution is -2.60. The topological polar surface area (TPSA) is 66.0 Å². The van der Waals surface area contributed by atoms with Gasteiger partial charge in [-0.3, -0.25) is 0 Å². The molecule has 1 amide bonds. The van der Waals surface area contributed by atoms with Gasteiger partial charge in [0.25, 0.3) is 0 Å². The summed E-state index contributed by atoms with van der Waals surface area (Å²) in [5, 5.41) is 2.55. The summed E-state index contributed by atoms with van der Waals surface area (Å²) in [6.07, 6.45) is -0.541. The van der Waals surface area contributed by atoms with Gasteiger partial charge >= 0.3 is 14.9 Å². The maximum absolute atomic E-state index is 10.9. The van der Waals surface area contributed by atoms with E-state index in [1.165, 1.54) is 28.4 Å². The van der Waals surface area contributed by atoms with Crippen LogP contribution >= 0.6 is 0 Å². The highest BCUT2D eigenvalue weighted by Gasteiger charge is 2.45. The Morgan fingerprint density at radius 3 is 1.86 bits per heavy atom. The number of nitrogens with one attached hydrogen (secondary N) is 1. The van der Waals surface area contributed by atoms with Crippen LogP contribution in [0.4, 0.5) is 4.79 Å². The number of alkyl carbamates (subject to hydrolysis) is 1. The first-order chi connectivity index (χ1) is 6.56. The number of carbonyl (C=O) groups is 1. The van der Waals surface area contributed by atoms with Crippen molar-refractivity contribution in [3.63, 3.8) is 0 Å². The molecule has 0 bridgehead atoms. The number of hydrogen-bond acceptors (Lipinski definition) is 5. The Kier molecular flexibility index (Phi) is 5.70. The van der Waals surface area contributed by atoms with Crippen LogP contribution in [0.25, 0.3) is 0 Å². The molecule has 0 aliphatic carbocycles. The standard InChI is InChI=1S/C7H17NO5Si/c1-6(8-7(9)10-2)14(11-3,12-4)13-5/h6H,1-5H3,(H,8,9). The molecule has 84 valence electrons. The molecular formula is C7H17NO5Si. The number of hydrogen-bond donors (Lipinski definition) is 1. The summed E-state index contributed by atoms with van der Waals surface area (Å²) >= 11 is 0. The molecule has 0 aliphatic rings. The molecule has 0 fully saturated rings. The first-order valence-corrected chi connectivity index (χ1v) is 5.86. The summed E-state index contributed by atoms with van der Waals surface area (Å²) in [6.45, 7) is 1.74. The molecule has 1 atom stereocenters. The van der Waals surface area contributed by atoms with Gasteiger partial charge in [0.1, 0.15) is 0 Å².